The van der Waals surface area contributed by atoms with Crippen molar-refractivity contribution in [1.29, 1.82) is 0 Å². The molecular weight excluding hydrogens is 292 g/mol. The second kappa shape index (κ2) is 4.80. The van der Waals surface area contributed by atoms with E-state index in [9.17, 15) is 22.0 Å². The van der Waals surface area contributed by atoms with Crippen LogP contribution in [0.3, 0.4) is 0 Å². The van der Waals surface area contributed by atoms with E-state index in [1.54, 1.807) is 30.3 Å². The lowest BCUT2D eigenvalue weighted by molar-refractivity contribution is -0.150. The first-order valence-corrected chi connectivity index (χ1v) is 6.88. The topological polar surface area (TPSA) is 86.5 Å². The molecule has 0 atom stereocenters. The van der Waals surface area contributed by atoms with E-state index < -0.39 is 21.2 Å². The Hall–Kier alpha value is -2.06. The third-order valence-corrected chi connectivity index (χ3v) is 3.43. The summed E-state index contributed by atoms with van der Waals surface area (Å²) in [4.78, 5) is 11.3. The highest BCUT2D eigenvalue weighted by Crippen LogP contribution is 2.28. The van der Waals surface area contributed by atoms with Crippen LogP contribution in [-0.2, 0) is 14.8 Å². The van der Waals surface area contributed by atoms with Gasteiger partial charge in [0.2, 0.25) is 0 Å². The Kier molecular flexibility index (Phi) is 3.45. The molecule has 20 heavy (non-hydrogen) atoms. The van der Waals surface area contributed by atoms with E-state index in [2.05, 4.69) is 9.88 Å². The highest BCUT2D eigenvalue weighted by Gasteiger charge is 2.53. The van der Waals surface area contributed by atoms with Gasteiger partial charge in [0.25, 0.3) is 10.0 Å². The molecule has 0 aromatic heterocycles. The summed E-state index contributed by atoms with van der Waals surface area (Å²) in [5.41, 5.74) is 0. The molecule has 2 aromatic rings. The summed E-state index contributed by atoms with van der Waals surface area (Å²) in [5, 5.41) is 0.547. The molecule has 0 spiro atoms. The summed E-state index contributed by atoms with van der Waals surface area (Å²) >= 11 is 0. The molecule has 2 N–H and O–H groups in total. The number of carbonyl (C=O) groups excluding carboxylic acids is 1. The van der Waals surface area contributed by atoms with Crippen LogP contribution in [0.2, 0.25) is 0 Å². The zero-order chi connectivity index (χ0) is 15.0. The number of hydrogen-bond donors (Lipinski definition) is 1. The minimum atomic E-state index is -5.38. The molecule has 0 amide bonds. The lowest BCUT2D eigenvalue weighted by Crippen LogP contribution is -2.44. The van der Waals surface area contributed by atoms with Crippen molar-refractivity contribution in [2.24, 2.45) is 5.14 Å². The quantitative estimate of drug-likeness (QED) is 0.689. The lowest BCUT2D eigenvalue weighted by atomic mass is 10.1. The van der Waals surface area contributed by atoms with Gasteiger partial charge in [0, 0.05) is 5.39 Å². The number of fused-ring (bicyclic) bond motifs is 1. The van der Waals surface area contributed by atoms with Crippen molar-refractivity contribution in [2.75, 3.05) is 0 Å². The average Bonchev–Trinajstić information content (AvgIpc) is 2.37. The van der Waals surface area contributed by atoms with Crippen molar-refractivity contribution in [3.05, 3.63) is 42.5 Å². The minimum Gasteiger partial charge on any atom is -0.421 e. The van der Waals surface area contributed by atoms with Gasteiger partial charge in [-0.2, -0.15) is 8.78 Å². The highest BCUT2D eigenvalue weighted by atomic mass is 32.2. The molecule has 0 saturated carbocycles. The molecular formula is C12H9F2NO4S. The number of nitrogens with two attached hydrogens (primary N) is 1. The molecule has 0 saturated heterocycles. The summed E-state index contributed by atoms with van der Waals surface area (Å²) < 4.78 is 52.3. The van der Waals surface area contributed by atoms with Crippen LogP contribution in [0.4, 0.5) is 8.78 Å². The van der Waals surface area contributed by atoms with Gasteiger partial charge >= 0.3 is 11.2 Å². The van der Waals surface area contributed by atoms with Gasteiger partial charge in [0.1, 0.15) is 5.75 Å². The van der Waals surface area contributed by atoms with Crippen LogP contribution >= 0.6 is 0 Å². The van der Waals surface area contributed by atoms with Gasteiger partial charge in [-0.05, 0) is 11.5 Å². The molecule has 0 unspecified atom stereocenters. The van der Waals surface area contributed by atoms with Crippen molar-refractivity contribution >= 4 is 26.8 Å². The Labute approximate surface area is 113 Å². The smallest absolute Gasteiger partial charge is 0.421 e. The summed E-state index contributed by atoms with van der Waals surface area (Å²) in [6.45, 7) is 0. The van der Waals surface area contributed by atoms with Crippen molar-refractivity contribution in [3.63, 3.8) is 0 Å². The summed E-state index contributed by atoms with van der Waals surface area (Å²) in [5.74, 6) is -2.41. The molecule has 2 rings (SSSR count). The van der Waals surface area contributed by atoms with E-state index in [1.165, 1.54) is 12.1 Å². The molecule has 0 fully saturated rings. The zero-order valence-corrected chi connectivity index (χ0v) is 10.7. The zero-order valence-electron chi connectivity index (χ0n) is 9.92. The Balaban J connectivity index is 2.41. The molecule has 5 nitrogen and oxygen atoms in total. The third kappa shape index (κ3) is 2.47. The molecule has 0 aliphatic carbocycles. The number of sulfonamides is 1. The Morgan fingerprint density at radius 3 is 2.35 bits per heavy atom. The van der Waals surface area contributed by atoms with E-state index in [-0.39, 0.29) is 5.75 Å². The number of primary sulfonamides is 1. The van der Waals surface area contributed by atoms with Crippen LogP contribution in [0.1, 0.15) is 0 Å². The van der Waals surface area contributed by atoms with Gasteiger partial charge in [-0.3, -0.25) is 0 Å². The van der Waals surface area contributed by atoms with Gasteiger partial charge in [0.05, 0.1) is 0 Å². The average molecular weight is 301 g/mol. The first-order chi connectivity index (χ1) is 9.23. The van der Waals surface area contributed by atoms with Gasteiger partial charge in [-0.1, -0.05) is 36.4 Å². The van der Waals surface area contributed by atoms with Crippen LogP contribution < -0.4 is 9.88 Å². The van der Waals surface area contributed by atoms with Crippen LogP contribution in [0.25, 0.3) is 10.8 Å². The van der Waals surface area contributed by atoms with Crippen LogP contribution in [-0.4, -0.2) is 19.6 Å². The fourth-order valence-electron chi connectivity index (χ4n) is 1.56. The summed E-state index contributed by atoms with van der Waals surface area (Å²) in [6, 6.07) is 11.0. The first kappa shape index (κ1) is 14.4. The fourth-order valence-corrected chi connectivity index (χ4v) is 1.83. The number of rotatable bonds is 3. The molecule has 8 heteroatoms. The predicted molar refractivity (Wildman–Crippen MR) is 67.6 cm³/mol. The number of ether oxygens (including phenoxy) is 1. The predicted octanol–water partition coefficient (Wildman–Crippen LogP) is 1.63. The van der Waals surface area contributed by atoms with Crippen LogP contribution in [0.5, 0.6) is 5.75 Å². The Morgan fingerprint density at radius 1 is 1.10 bits per heavy atom. The maximum atomic E-state index is 13.2. The molecule has 2 aromatic carbocycles. The summed E-state index contributed by atoms with van der Waals surface area (Å²) in [6.07, 6.45) is 0. The van der Waals surface area contributed by atoms with Gasteiger partial charge in [-0.15, -0.1) is 0 Å². The SMILES string of the molecule is NS(=O)(=O)C(F)(F)C(=O)Oc1cccc2ccccc12. The molecule has 0 heterocycles. The van der Waals surface area contributed by atoms with Crippen molar-refractivity contribution in [2.45, 2.75) is 5.25 Å². The van der Waals surface area contributed by atoms with Crippen molar-refractivity contribution in [3.8, 4) is 5.75 Å². The molecule has 0 aliphatic rings. The first-order valence-electron chi connectivity index (χ1n) is 5.33. The molecule has 0 bridgehead atoms. The summed E-state index contributed by atoms with van der Waals surface area (Å²) in [7, 11) is -5.38. The van der Waals surface area contributed by atoms with Gasteiger partial charge < -0.3 is 4.74 Å². The van der Waals surface area contributed by atoms with Gasteiger partial charge in [-0.25, -0.2) is 18.4 Å². The fraction of sp³-hybridized carbons (Fsp3) is 0.0833. The molecule has 106 valence electrons. The maximum absolute atomic E-state index is 13.2. The van der Waals surface area contributed by atoms with E-state index in [1.807, 2.05) is 0 Å². The number of alkyl halides is 2. The van der Waals surface area contributed by atoms with Crippen molar-refractivity contribution in [1.82, 2.24) is 0 Å². The third-order valence-electron chi connectivity index (χ3n) is 2.55. The monoisotopic (exact) mass is 301 g/mol. The van der Waals surface area contributed by atoms with E-state index in [4.69, 9.17) is 0 Å². The number of hydrogen-bond acceptors (Lipinski definition) is 4. The second-order valence-electron chi connectivity index (χ2n) is 3.93. The largest absolute Gasteiger partial charge is 0.454 e. The Morgan fingerprint density at radius 2 is 1.70 bits per heavy atom. The van der Waals surface area contributed by atoms with Gasteiger partial charge in [0.15, 0.2) is 0 Å². The van der Waals surface area contributed by atoms with Crippen molar-refractivity contribution < 1.29 is 26.7 Å². The van der Waals surface area contributed by atoms with Crippen LogP contribution in [0, 0.1) is 0 Å². The second-order valence-corrected chi connectivity index (χ2v) is 5.53. The minimum absolute atomic E-state index is 0.170. The van der Waals surface area contributed by atoms with E-state index >= 15 is 0 Å². The standard InChI is InChI=1S/C12H9F2NO4S/c13-12(14,20(15,17)18)11(16)19-10-7-3-5-8-4-1-2-6-9(8)10/h1-7H,(H2,15,17,18). The number of benzene rings is 2. The maximum Gasteiger partial charge on any atom is 0.454 e. The Bertz CT molecular complexity index is 769. The number of esters is 1. The number of carbonyl (C=O) groups is 1. The van der Waals surface area contributed by atoms with Crippen LogP contribution in [0.15, 0.2) is 42.5 Å². The highest BCUT2D eigenvalue weighted by molar-refractivity contribution is 7.91. The molecule has 0 radical (unpaired) electrons. The van der Waals surface area contributed by atoms with E-state index in [0.29, 0.717) is 10.8 Å². The normalized spacial score (nSPS) is 12.3. The lowest BCUT2D eigenvalue weighted by Gasteiger charge is -2.13. The number of halogens is 2. The van der Waals surface area contributed by atoms with E-state index in [0.717, 1.165) is 0 Å². The molecule has 0 aliphatic heterocycles.